The van der Waals surface area contributed by atoms with Crippen LogP contribution in [0.15, 0.2) is 82.7 Å². The number of unbranched alkanes of at least 4 members (excludes halogenated alkanes) is 1. The van der Waals surface area contributed by atoms with Crippen molar-refractivity contribution in [2.75, 3.05) is 0 Å². The first-order valence-corrected chi connectivity index (χ1v) is 16.0. The third-order valence-electron chi connectivity index (χ3n) is 9.13. The molecule has 3 aliphatic carbocycles. The number of imidazole rings is 1. The molecule has 45 heavy (non-hydrogen) atoms. The van der Waals surface area contributed by atoms with Crippen LogP contribution in [0.2, 0.25) is 0 Å². The molecule has 0 aliphatic heterocycles. The topological polar surface area (TPSA) is 144 Å². The van der Waals surface area contributed by atoms with E-state index >= 15 is 0 Å². The van der Waals surface area contributed by atoms with Crippen LogP contribution in [-0.2, 0) is 13.0 Å². The summed E-state index contributed by atoms with van der Waals surface area (Å²) in [6.07, 6.45) is 3.80. The number of fused-ring (bicyclic) bond motifs is 1. The Balaban J connectivity index is 1.23. The molecule has 12 heteroatoms. The molecular weight excluding hydrogens is 584 g/mol. The molecule has 3 aliphatic rings. The van der Waals surface area contributed by atoms with Crippen LogP contribution >= 0.6 is 11.8 Å². The van der Waals surface area contributed by atoms with E-state index < -0.39 is 0 Å². The number of hydrogen-bond donors (Lipinski definition) is 2. The van der Waals surface area contributed by atoms with Crippen LogP contribution in [0.3, 0.4) is 0 Å². The molecule has 3 heterocycles. The van der Waals surface area contributed by atoms with Crippen LogP contribution in [-0.4, -0.2) is 57.1 Å². The number of rotatable bonds is 10. The number of aromatic nitrogens is 10. The van der Waals surface area contributed by atoms with Crippen LogP contribution in [0.5, 0.6) is 0 Å². The van der Waals surface area contributed by atoms with Gasteiger partial charge in [0.15, 0.2) is 17.9 Å². The molecule has 0 amide bonds. The zero-order chi connectivity index (χ0) is 30.3. The fraction of sp³-hybridized carbons (Fsp3) is 0.273. The first kappa shape index (κ1) is 27.6. The molecule has 6 aromatic rings. The summed E-state index contributed by atoms with van der Waals surface area (Å²) >= 11 is 1.53. The van der Waals surface area contributed by atoms with Gasteiger partial charge < -0.3 is 4.57 Å². The minimum absolute atomic E-state index is 0.0101. The summed E-state index contributed by atoms with van der Waals surface area (Å²) in [4.78, 5) is 18.6. The lowest BCUT2D eigenvalue weighted by Gasteiger charge is -2.48. The maximum absolute atomic E-state index is 12.6. The quantitative estimate of drug-likeness (QED) is 0.193. The molecule has 4 atom stereocenters. The van der Waals surface area contributed by atoms with E-state index in [0.717, 1.165) is 46.9 Å². The second kappa shape index (κ2) is 11.5. The summed E-state index contributed by atoms with van der Waals surface area (Å²) < 4.78 is 2.10. The van der Waals surface area contributed by atoms with Crippen LogP contribution in [0.25, 0.3) is 0 Å². The zero-order valence-corrected chi connectivity index (χ0v) is 25.4. The number of nitrogens with one attached hydrogen (secondary N) is 2. The van der Waals surface area contributed by atoms with E-state index in [1.807, 2.05) is 30.3 Å². The molecule has 3 aromatic carbocycles. The smallest absolute Gasteiger partial charge is 0.179 e. The number of aromatic amines is 2. The molecule has 0 radical (unpaired) electrons. The second-order valence-electron chi connectivity index (χ2n) is 11.6. The number of carbonyl (C=O) groups is 1. The zero-order valence-electron chi connectivity index (χ0n) is 24.5. The van der Waals surface area contributed by atoms with Crippen molar-refractivity contribution in [3.05, 3.63) is 124 Å². The molecule has 224 valence electrons. The number of hydrogen-bond acceptors (Lipinski definition) is 9. The SMILES string of the molecule is CCCCc1nc(Sc2ccccc2)c(C=O)n1Cc1ccc2c(c1)C1c3ccccc3C2[C@@H](c2nn[nH]n2)[C@@H]1c1nn[nH]n1. The first-order valence-electron chi connectivity index (χ1n) is 15.2. The Bertz CT molecular complexity index is 1960. The summed E-state index contributed by atoms with van der Waals surface area (Å²) in [5.74, 6) is 1.90. The molecule has 2 bridgehead atoms. The predicted octanol–water partition coefficient (Wildman–Crippen LogP) is 5.42. The van der Waals surface area contributed by atoms with Crippen molar-refractivity contribution in [3.8, 4) is 0 Å². The molecular formula is C33H30N10OS. The number of aryl methyl sites for hydroxylation is 1. The van der Waals surface area contributed by atoms with Crippen LogP contribution < -0.4 is 0 Å². The largest absolute Gasteiger partial charge is 0.320 e. The van der Waals surface area contributed by atoms with Gasteiger partial charge >= 0.3 is 0 Å². The first-order chi connectivity index (χ1) is 22.2. The maximum atomic E-state index is 12.6. The average molecular weight is 615 g/mol. The third kappa shape index (κ3) is 4.67. The van der Waals surface area contributed by atoms with E-state index in [-0.39, 0.29) is 23.7 Å². The van der Waals surface area contributed by atoms with Gasteiger partial charge in [-0.2, -0.15) is 10.4 Å². The maximum Gasteiger partial charge on any atom is 0.179 e. The van der Waals surface area contributed by atoms with Crippen molar-refractivity contribution in [1.82, 2.24) is 50.8 Å². The lowest BCUT2D eigenvalue weighted by molar-refractivity contribution is 0.111. The number of aldehydes is 1. The van der Waals surface area contributed by atoms with Crippen molar-refractivity contribution >= 4 is 18.0 Å². The molecule has 0 spiro atoms. The lowest BCUT2D eigenvalue weighted by atomic mass is 9.53. The summed E-state index contributed by atoms with van der Waals surface area (Å²) in [6.45, 7) is 2.72. The molecule has 0 saturated carbocycles. The van der Waals surface area contributed by atoms with E-state index in [9.17, 15) is 4.79 Å². The van der Waals surface area contributed by atoms with Crippen LogP contribution in [0, 0.1) is 0 Å². The van der Waals surface area contributed by atoms with Crippen molar-refractivity contribution in [1.29, 1.82) is 0 Å². The van der Waals surface area contributed by atoms with Crippen LogP contribution in [0.4, 0.5) is 0 Å². The van der Waals surface area contributed by atoms with Gasteiger partial charge in [0, 0.05) is 41.5 Å². The van der Waals surface area contributed by atoms with E-state index in [1.165, 1.54) is 34.0 Å². The van der Waals surface area contributed by atoms with Crippen LogP contribution in [0.1, 0.15) is 99.2 Å². The average Bonchev–Trinajstić information content (AvgIpc) is 3.87. The molecule has 2 unspecified atom stereocenters. The van der Waals surface area contributed by atoms with Crippen molar-refractivity contribution in [3.63, 3.8) is 0 Å². The van der Waals surface area contributed by atoms with E-state index in [2.05, 4.69) is 95.2 Å². The van der Waals surface area contributed by atoms with Crippen molar-refractivity contribution in [2.45, 2.75) is 66.3 Å². The summed E-state index contributed by atoms with van der Waals surface area (Å²) in [5, 5.41) is 31.7. The van der Waals surface area contributed by atoms with E-state index in [4.69, 9.17) is 4.98 Å². The lowest BCUT2D eigenvalue weighted by Crippen LogP contribution is -2.38. The Hall–Kier alpha value is -4.97. The molecule has 3 aromatic heterocycles. The number of tetrazole rings is 2. The standard InChI is InChI=1S/C33H30N10OS/c1-2-3-13-26-34-33(45-20-9-5-4-6-10-20)25(18-44)43(26)17-19-14-15-23-24(16-19)28-22-12-8-7-11-21(22)27(23)29(31-35-39-40-36-31)30(28)32-37-41-42-38-32/h4-12,14-16,18,27-30H,2-3,13,17H2,1H3,(H,35,36,39,40)(H,37,38,41,42)/t27?,28?,29-,30-/m1/s1. The predicted molar refractivity (Wildman–Crippen MR) is 166 cm³/mol. The van der Waals surface area contributed by atoms with Crippen molar-refractivity contribution in [2.24, 2.45) is 0 Å². The van der Waals surface area contributed by atoms with Gasteiger partial charge in [-0.05, 0) is 46.4 Å². The van der Waals surface area contributed by atoms with Gasteiger partial charge in [0.2, 0.25) is 0 Å². The minimum Gasteiger partial charge on any atom is -0.320 e. The van der Waals surface area contributed by atoms with E-state index in [0.29, 0.717) is 23.9 Å². The van der Waals surface area contributed by atoms with Gasteiger partial charge in [-0.25, -0.2) is 4.98 Å². The Kier molecular flexibility index (Phi) is 7.05. The number of benzene rings is 3. The van der Waals surface area contributed by atoms with Crippen molar-refractivity contribution < 1.29 is 4.79 Å². The monoisotopic (exact) mass is 614 g/mol. The highest BCUT2D eigenvalue weighted by molar-refractivity contribution is 7.99. The van der Waals surface area contributed by atoms with E-state index in [1.54, 1.807) is 0 Å². The molecule has 0 saturated heterocycles. The number of carbonyl (C=O) groups excluding carboxylic acids is 1. The molecule has 11 nitrogen and oxygen atoms in total. The Morgan fingerprint density at radius 2 is 1.47 bits per heavy atom. The molecule has 9 rings (SSSR count). The molecule has 2 N–H and O–H groups in total. The fourth-order valence-corrected chi connectivity index (χ4v) is 8.21. The van der Waals surface area contributed by atoms with Gasteiger partial charge in [-0.3, -0.25) is 4.79 Å². The Labute approximate surface area is 263 Å². The Morgan fingerprint density at radius 3 is 2.09 bits per heavy atom. The third-order valence-corrected chi connectivity index (χ3v) is 10.1. The number of nitrogens with zero attached hydrogens (tertiary/aromatic N) is 8. The summed E-state index contributed by atoms with van der Waals surface area (Å²) in [7, 11) is 0. The Morgan fingerprint density at radius 1 is 0.822 bits per heavy atom. The highest BCUT2D eigenvalue weighted by Crippen LogP contribution is 2.63. The highest BCUT2D eigenvalue weighted by atomic mass is 32.2. The normalized spacial score (nSPS) is 19.8. The van der Waals surface area contributed by atoms with Gasteiger partial charge in [-0.1, -0.05) is 96.2 Å². The summed E-state index contributed by atoms with van der Waals surface area (Å²) in [6, 6.07) is 25.4. The van der Waals surface area contributed by atoms with Gasteiger partial charge in [0.1, 0.15) is 16.5 Å². The summed E-state index contributed by atoms with van der Waals surface area (Å²) in [5.41, 5.74) is 6.71. The number of H-pyrrole nitrogens is 2. The molecule has 0 fully saturated rings. The van der Waals surface area contributed by atoms with Gasteiger partial charge in [0.25, 0.3) is 0 Å². The second-order valence-corrected chi connectivity index (χ2v) is 12.6. The highest BCUT2D eigenvalue weighted by Gasteiger charge is 2.53. The van der Waals surface area contributed by atoms with Gasteiger partial charge in [-0.15, -0.1) is 20.4 Å². The fourth-order valence-electron chi connectivity index (χ4n) is 7.28. The minimum atomic E-state index is -0.142. The van der Waals surface area contributed by atoms with Gasteiger partial charge in [0.05, 0.1) is 0 Å².